The molecule has 0 radical (unpaired) electrons. The molecule has 188 valence electrons. The summed E-state index contributed by atoms with van der Waals surface area (Å²) < 4.78 is 9.02. The van der Waals surface area contributed by atoms with Gasteiger partial charge in [0, 0.05) is 42.9 Å². The number of rotatable bonds is 5. The van der Waals surface area contributed by atoms with E-state index >= 15 is 0 Å². The lowest BCUT2D eigenvalue weighted by atomic mass is 9.79. The lowest BCUT2D eigenvalue weighted by molar-refractivity contribution is 0.00691. The minimum Gasteiger partial charge on any atom is -0.444 e. The highest BCUT2D eigenvalue weighted by atomic mass is 16.6. The van der Waals surface area contributed by atoms with Crippen molar-refractivity contribution in [2.75, 3.05) is 18.4 Å². The van der Waals surface area contributed by atoms with E-state index in [1.165, 1.54) is 6.20 Å². The predicted molar refractivity (Wildman–Crippen MR) is 132 cm³/mol. The predicted octanol–water partition coefficient (Wildman–Crippen LogP) is 3.16. The van der Waals surface area contributed by atoms with Gasteiger partial charge in [-0.15, -0.1) is 0 Å². The first kappa shape index (κ1) is 24.5. The van der Waals surface area contributed by atoms with E-state index in [1.54, 1.807) is 21.8 Å². The van der Waals surface area contributed by atoms with Crippen molar-refractivity contribution in [2.45, 2.75) is 66.2 Å². The number of nitrogens with two attached hydrogens (primary N) is 1. The zero-order valence-electron chi connectivity index (χ0n) is 21.2. The minimum atomic E-state index is -0.588. The second-order valence-corrected chi connectivity index (χ2v) is 10.7. The molecule has 1 unspecified atom stereocenters. The van der Waals surface area contributed by atoms with Gasteiger partial charge < -0.3 is 20.7 Å². The van der Waals surface area contributed by atoms with Gasteiger partial charge in [0.1, 0.15) is 5.60 Å². The normalized spacial score (nSPS) is 18.0. The number of aryl methyl sites for hydroxylation is 1. The smallest absolute Gasteiger partial charge is 0.410 e. The summed E-state index contributed by atoms with van der Waals surface area (Å²) in [6.07, 6.45) is 7.27. The zero-order valence-corrected chi connectivity index (χ0v) is 21.2. The number of amides is 2. The Morgan fingerprint density at radius 1 is 1.23 bits per heavy atom. The van der Waals surface area contributed by atoms with Gasteiger partial charge in [-0.3, -0.25) is 9.48 Å². The number of likely N-dealkylation sites (tertiary alicyclic amines) is 1. The fraction of sp³-hybridized carbons (Fsp3) is 0.542. The number of hydrogen-bond donors (Lipinski definition) is 2. The van der Waals surface area contributed by atoms with E-state index in [9.17, 15) is 9.59 Å². The molecule has 0 saturated carbocycles. The molecule has 3 aromatic rings. The standard InChI is InChI=1S/C24H34N8O3/c1-7-31-12-15(10-26-31)17-13-32-21(28-17)19(16(11-27-32)20(25)33)29-18-8-9-30(14-24(18,5)6)22(34)35-23(2,3)4/h10-13,18,29H,7-9,14H2,1-6H3,(H2,25,33). The van der Waals surface area contributed by atoms with Crippen molar-refractivity contribution in [3.63, 3.8) is 0 Å². The third-order valence-corrected chi connectivity index (χ3v) is 6.21. The number of piperidine rings is 1. The van der Waals surface area contributed by atoms with Crippen LogP contribution in [0.5, 0.6) is 0 Å². The molecule has 1 aliphatic rings. The van der Waals surface area contributed by atoms with Crippen LogP contribution in [0.4, 0.5) is 10.5 Å². The molecular formula is C24H34N8O3. The van der Waals surface area contributed by atoms with E-state index in [0.29, 0.717) is 36.5 Å². The third kappa shape index (κ3) is 5.08. The Labute approximate surface area is 204 Å². The van der Waals surface area contributed by atoms with Crippen LogP contribution in [0.15, 0.2) is 24.8 Å². The van der Waals surface area contributed by atoms with Crippen LogP contribution in [0.1, 0.15) is 58.3 Å². The van der Waals surface area contributed by atoms with Crippen LogP contribution in [0, 0.1) is 5.41 Å². The molecule has 1 saturated heterocycles. The molecule has 2 amide bonds. The number of hydrogen-bond acceptors (Lipinski definition) is 7. The minimum absolute atomic E-state index is 0.0477. The van der Waals surface area contributed by atoms with E-state index in [0.717, 1.165) is 12.1 Å². The first-order valence-electron chi connectivity index (χ1n) is 11.8. The quantitative estimate of drug-likeness (QED) is 0.571. The Bertz CT molecular complexity index is 1250. The topological polar surface area (TPSA) is 133 Å². The molecule has 0 aromatic carbocycles. The Balaban J connectivity index is 1.64. The zero-order chi connectivity index (χ0) is 25.5. The number of nitrogens with one attached hydrogen (secondary N) is 1. The molecule has 1 aliphatic heterocycles. The Kier molecular flexibility index (Phi) is 6.20. The molecule has 1 atom stereocenters. The van der Waals surface area contributed by atoms with Crippen LogP contribution in [-0.4, -0.2) is 66.0 Å². The molecule has 3 aromatic heterocycles. The van der Waals surface area contributed by atoms with Gasteiger partial charge in [-0.1, -0.05) is 13.8 Å². The average molecular weight is 483 g/mol. The number of fused-ring (bicyclic) bond motifs is 1. The second-order valence-electron chi connectivity index (χ2n) is 10.7. The summed E-state index contributed by atoms with van der Waals surface area (Å²) in [6, 6.07) is -0.0477. The van der Waals surface area contributed by atoms with E-state index in [-0.39, 0.29) is 23.1 Å². The first-order chi connectivity index (χ1) is 16.4. The summed E-state index contributed by atoms with van der Waals surface area (Å²) in [4.78, 5) is 31.4. The molecule has 1 fully saturated rings. The van der Waals surface area contributed by atoms with Crippen molar-refractivity contribution >= 4 is 23.3 Å². The van der Waals surface area contributed by atoms with E-state index in [2.05, 4.69) is 29.4 Å². The number of primary amides is 1. The summed E-state index contributed by atoms with van der Waals surface area (Å²) >= 11 is 0. The molecule has 0 bridgehead atoms. The van der Waals surface area contributed by atoms with E-state index in [1.807, 2.05) is 38.6 Å². The molecule has 3 N–H and O–H groups in total. The Hall–Kier alpha value is -3.63. The van der Waals surface area contributed by atoms with Gasteiger partial charge in [-0.2, -0.15) is 10.2 Å². The lowest BCUT2D eigenvalue weighted by Gasteiger charge is -2.45. The van der Waals surface area contributed by atoms with Crippen LogP contribution in [0.25, 0.3) is 16.9 Å². The summed E-state index contributed by atoms with van der Waals surface area (Å²) in [5.74, 6) is -0.588. The van der Waals surface area contributed by atoms with E-state index < -0.39 is 11.5 Å². The van der Waals surface area contributed by atoms with Crippen LogP contribution in [0.2, 0.25) is 0 Å². The van der Waals surface area contributed by atoms with Gasteiger partial charge in [0.15, 0.2) is 5.65 Å². The molecule has 0 spiro atoms. The fourth-order valence-electron chi connectivity index (χ4n) is 4.35. The number of imidazole rings is 1. The van der Waals surface area contributed by atoms with Crippen LogP contribution < -0.4 is 11.1 Å². The SMILES string of the molecule is CCn1cc(-c2cn3ncc(C(N)=O)c(NC4CCN(C(=O)OC(C)(C)C)CC4(C)C)c3n2)cn1. The number of nitrogens with zero attached hydrogens (tertiary/aromatic N) is 6. The van der Waals surface area contributed by atoms with Gasteiger partial charge in [0.2, 0.25) is 0 Å². The number of carbonyl (C=O) groups excluding carboxylic acids is 2. The lowest BCUT2D eigenvalue weighted by Crippen LogP contribution is -2.54. The van der Waals surface area contributed by atoms with Crippen molar-refractivity contribution in [1.29, 1.82) is 0 Å². The van der Waals surface area contributed by atoms with Crippen molar-refractivity contribution in [3.8, 4) is 11.3 Å². The van der Waals surface area contributed by atoms with Crippen LogP contribution in [0.3, 0.4) is 0 Å². The second kappa shape index (κ2) is 8.86. The first-order valence-corrected chi connectivity index (χ1v) is 11.8. The molecular weight excluding hydrogens is 448 g/mol. The number of aromatic nitrogens is 5. The maximum absolute atomic E-state index is 12.6. The number of carbonyl (C=O) groups is 2. The van der Waals surface area contributed by atoms with Gasteiger partial charge in [-0.25, -0.2) is 14.3 Å². The maximum atomic E-state index is 12.6. The largest absolute Gasteiger partial charge is 0.444 e. The fourth-order valence-corrected chi connectivity index (χ4v) is 4.35. The molecule has 11 heteroatoms. The highest BCUT2D eigenvalue weighted by molar-refractivity contribution is 6.01. The van der Waals surface area contributed by atoms with Crippen molar-refractivity contribution in [2.24, 2.45) is 11.1 Å². The third-order valence-electron chi connectivity index (χ3n) is 6.21. The molecule has 0 aliphatic carbocycles. The number of anilines is 1. The van der Waals surface area contributed by atoms with Gasteiger partial charge >= 0.3 is 6.09 Å². The highest BCUT2D eigenvalue weighted by Gasteiger charge is 2.39. The van der Waals surface area contributed by atoms with E-state index in [4.69, 9.17) is 15.5 Å². The van der Waals surface area contributed by atoms with Crippen molar-refractivity contribution in [1.82, 2.24) is 29.3 Å². The Morgan fingerprint density at radius 2 is 1.97 bits per heavy atom. The average Bonchev–Trinajstić information content (AvgIpc) is 3.40. The molecule has 4 rings (SSSR count). The van der Waals surface area contributed by atoms with Gasteiger partial charge in [-0.05, 0) is 34.1 Å². The van der Waals surface area contributed by atoms with Crippen molar-refractivity contribution in [3.05, 3.63) is 30.4 Å². The molecule has 35 heavy (non-hydrogen) atoms. The summed E-state index contributed by atoms with van der Waals surface area (Å²) in [5.41, 5.74) is 7.69. The number of ether oxygens (including phenoxy) is 1. The van der Waals surface area contributed by atoms with Gasteiger partial charge in [0.05, 0.1) is 35.5 Å². The highest BCUT2D eigenvalue weighted by Crippen LogP contribution is 2.35. The summed E-state index contributed by atoms with van der Waals surface area (Å²) in [7, 11) is 0. The van der Waals surface area contributed by atoms with Crippen LogP contribution >= 0.6 is 0 Å². The maximum Gasteiger partial charge on any atom is 0.410 e. The summed E-state index contributed by atoms with van der Waals surface area (Å²) in [5, 5.41) is 12.2. The monoisotopic (exact) mass is 482 g/mol. The molecule has 11 nitrogen and oxygen atoms in total. The van der Waals surface area contributed by atoms with Gasteiger partial charge in [0.25, 0.3) is 5.91 Å². The summed E-state index contributed by atoms with van der Waals surface area (Å²) in [6.45, 7) is 13.5. The Morgan fingerprint density at radius 3 is 2.57 bits per heavy atom. The molecule has 4 heterocycles. The van der Waals surface area contributed by atoms with Crippen LogP contribution in [-0.2, 0) is 11.3 Å². The van der Waals surface area contributed by atoms with Crippen molar-refractivity contribution < 1.29 is 14.3 Å².